The van der Waals surface area contributed by atoms with Gasteiger partial charge >= 0.3 is 5.97 Å². The number of rotatable bonds is 6. The summed E-state index contributed by atoms with van der Waals surface area (Å²) >= 11 is 5.91. The second kappa shape index (κ2) is 7.67. The van der Waals surface area contributed by atoms with Crippen LogP contribution < -0.4 is 15.2 Å². The normalized spacial score (nSPS) is 18.6. The summed E-state index contributed by atoms with van der Waals surface area (Å²) in [6, 6.07) is 4.87. The lowest BCUT2D eigenvalue weighted by Gasteiger charge is -2.35. The number of pyridine rings is 1. The molecule has 1 aromatic heterocycles. The van der Waals surface area contributed by atoms with Crippen molar-refractivity contribution >= 4 is 35.1 Å². The van der Waals surface area contributed by atoms with Crippen LogP contribution in [0.2, 0.25) is 5.02 Å². The number of carbonyl (C=O) groups is 3. The number of carboxylic acid groups (broad SMARTS) is 1. The number of hydrogen-bond donors (Lipinski definition) is 1. The monoisotopic (exact) mass is 421 g/mol. The molecule has 29 heavy (non-hydrogen) atoms. The Balaban J connectivity index is 2.46. The fourth-order valence-electron chi connectivity index (χ4n) is 3.54. The van der Waals surface area contributed by atoms with Gasteiger partial charge in [0, 0.05) is 17.4 Å². The molecule has 1 amide bonds. The maximum Gasteiger partial charge on any atom is 0.316 e. The Morgan fingerprint density at radius 2 is 2.10 bits per heavy atom. The smallest absolute Gasteiger partial charge is 0.316 e. The number of anilines is 1. The minimum absolute atomic E-state index is 0.0274. The molecule has 0 saturated carbocycles. The van der Waals surface area contributed by atoms with Crippen molar-refractivity contribution in [2.75, 3.05) is 19.0 Å². The number of nitrogens with zero attached hydrogens (tertiary/aromatic N) is 1. The van der Waals surface area contributed by atoms with E-state index in [0.717, 1.165) is 19.2 Å². The molecule has 1 N–H and O–H groups in total. The standard InChI is InChI=1S/C19H16ClFN2O6/c1-3-29-15-9(5-4-6-22-15)19(14(16(24)25)17(26)28-2)10-7-11(20)12(21)8-13(10)23-18(19)27/h4-8,14H,3H2,1-2H3,(H,23,27)(H,24,25)/p-1. The van der Waals surface area contributed by atoms with Crippen LogP contribution >= 0.6 is 11.6 Å². The van der Waals surface area contributed by atoms with Crippen molar-refractivity contribution in [1.82, 2.24) is 4.98 Å². The van der Waals surface area contributed by atoms with E-state index in [4.69, 9.17) is 16.3 Å². The number of carbonyl (C=O) groups excluding carboxylic acids is 3. The molecule has 2 heterocycles. The van der Waals surface area contributed by atoms with Crippen LogP contribution in [-0.4, -0.2) is 36.5 Å². The highest BCUT2D eigenvalue weighted by atomic mass is 35.5. The predicted octanol–water partition coefficient (Wildman–Crippen LogP) is 1.05. The second-order valence-corrected chi connectivity index (χ2v) is 6.55. The molecule has 0 bridgehead atoms. The molecular formula is C19H15ClFN2O6-. The fourth-order valence-corrected chi connectivity index (χ4v) is 3.70. The van der Waals surface area contributed by atoms with Crippen LogP contribution in [0.25, 0.3) is 0 Å². The van der Waals surface area contributed by atoms with Gasteiger partial charge in [-0.2, -0.15) is 0 Å². The number of amides is 1. The van der Waals surface area contributed by atoms with Gasteiger partial charge in [-0.25, -0.2) is 9.37 Å². The molecule has 0 fully saturated rings. The van der Waals surface area contributed by atoms with E-state index in [1.165, 1.54) is 18.3 Å². The van der Waals surface area contributed by atoms with E-state index < -0.39 is 35.0 Å². The third kappa shape index (κ3) is 3.07. The van der Waals surface area contributed by atoms with Gasteiger partial charge in [-0.3, -0.25) is 9.59 Å². The van der Waals surface area contributed by atoms with E-state index >= 15 is 0 Å². The maximum absolute atomic E-state index is 14.0. The summed E-state index contributed by atoms with van der Waals surface area (Å²) in [6.45, 7) is 1.81. The number of ether oxygens (including phenoxy) is 2. The highest BCUT2D eigenvalue weighted by Crippen LogP contribution is 2.51. The van der Waals surface area contributed by atoms with Crippen LogP contribution in [0.5, 0.6) is 5.88 Å². The molecule has 0 spiro atoms. The van der Waals surface area contributed by atoms with E-state index in [1.807, 2.05) is 0 Å². The Bertz CT molecular complexity index is 1010. The summed E-state index contributed by atoms with van der Waals surface area (Å²) in [7, 11) is 0.976. The van der Waals surface area contributed by atoms with Crippen molar-refractivity contribution in [2.24, 2.45) is 5.92 Å². The molecule has 0 saturated heterocycles. The van der Waals surface area contributed by atoms with E-state index in [2.05, 4.69) is 15.0 Å². The number of methoxy groups -OCH3 is 1. The Hall–Kier alpha value is -3.20. The average Bonchev–Trinajstić information content (AvgIpc) is 2.94. The molecule has 2 aromatic rings. The van der Waals surface area contributed by atoms with Crippen molar-refractivity contribution in [1.29, 1.82) is 0 Å². The molecule has 3 rings (SSSR count). The van der Waals surface area contributed by atoms with Crippen LogP contribution in [0.3, 0.4) is 0 Å². The summed E-state index contributed by atoms with van der Waals surface area (Å²) in [5.41, 5.74) is -2.32. The van der Waals surface area contributed by atoms with Crippen molar-refractivity contribution < 1.29 is 33.4 Å². The second-order valence-electron chi connectivity index (χ2n) is 6.14. The average molecular weight is 422 g/mol. The van der Waals surface area contributed by atoms with Gasteiger partial charge in [0.05, 0.1) is 24.7 Å². The van der Waals surface area contributed by atoms with E-state index in [0.29, 0.717) is 0 Å². The summed E-state index contributed by atoms with van der Waals surface area (Å²) in [4.78, 5) is 41.9. The Morgan fingerprint density at radius 1 is 1.38 bits per heavy atom. The molecule has 0 radical (unpaired) electrons. The summed E-state index contributed by atoms with van der Waals surface area (Å²) in [5.74, 6) is -7.05. The van der Waals surface area contributed by atoms with E-state index in [-0.39, 0.29) is 34.3 Å². The van der Waals surface area contributed by atoms with Crippen LogP contribution in [0.1, 0.15) is 18.1 Å². The number of benzene rings is 1. The van der Waals surface area contributed by atoms with Crippen LogP contribution in [-0.2, 0) is 24.5 Å². The molecule has 1 aromatic carbocycles. The first-order valence-electron chi connectivity index (χ1n) is 8.46. The number of fused-ring (bicyclic) bond motifs is 1. The predicted molar refractivity (Wildman–Crippen MR) is 96.7 cm³/mol. The zero-order valence-electron chi connectivity index (χ0n) is 15.3. The first-order chi connectivity index (χ1) is 13.8. The van der Waals surface area contributed by atoms with E-state index in [9.17, 15) is 23.9 Å². The Labute approximate surface area is 169 Å². The molecule has 0 aliphatic carbocycles. The molecule has 152 valence electrons. The summed E-state index contributed by atoms with van der Waals surface area (Å²) in [5, 5.41) is 14.1. The minimum Gasteiger partial charge on any atom is -0.549 e. The van der Waals surface area contributed by atoms with E-state index in [1.54, 1.807) is 6.92 Å². The topological polar surface area (TPSA) is 118 Å². The number of aromatic nitrogens is 1. The van der Waals surface area contributed by atoms with Crippen molar-refractivity contribution in [2.45, 2.75) is 12.3 Å². The van der Waals surface area contributed by atoms with Crippen LogP contribution in [0.4, 0.5) is 10.1 Å². The lowest BCUT2D eigenvalue weighted by atomic mass is 9.66. The SMILES string of the molecule is CCOc1ncccc1C1(C(C(=O)[O-])C(=O)OC)C(=O)Nc2cc(F)c(Cl)cc21. The maximum atomic E-state index is 14.0. The Morgan fingerprint density at radius 3 is 2.72 bits per heavy atom. The third-order valence-electron chi connectivity index (χ3n) is 4.67. The van der Waals surface area contributed by atoms with Crippen LogP contribution in [0.15, 0.2) is 30.5 Å². The van der Waals surface area contributed by atoms with Crippen LogP contribution in [0, 0.1) is 11.7 Å². The number of halogens is 2. The lowest BCUT2D eigenvalue weighted by molar-refractivity contribution is -0.312. The highest BCUT2D eigenvalue weighted by molar-refractivity contribution is 6.31. The zero-order chi connectivity index (χ0) is 21.3. The quantitative estimate of drug-likeness (QED) is 0.547. The number of nitrogens with one attached hydrogen (secondary N) is 1. The molecular weight excluding hydrogens is 407 g/mol. The molecule has 10 heteroatoms. The van der Waals surface area contributed by atoms with Gasteiger partial charge in [-0.05, 0) is 30.7 Å². The summed E-state index contributed by atoms with van der Waals surface area (Å²) in [6.07, 6.45) is 1.37. The van der Waals surface area contributed by atoms with Gasteiger partial charge < -0.3 is 24.7 Å². The number of carboxylic acids is 1. The fraction of sp³-hybridized carbons (Fsp3) is 0.263. The van der Waals surface area contributed by atoms with Gasteiger partial charge in [0.2, 0.25) is 11.8 Å². The molecule has 8 nitrogen and oxygen atoms in total. The lowest BCUT2D eigenvalue weighted by Crippen LogP contribution is -2.54. The molecule has 1 aliphatic heterocycles. The zero-order valence-corrected chi connectivity index (χ0v) is 16.1. The number of aliphatic carboxylic acids is 1. The van der Waals surface area contributed by atoms with Gasteiger partial charge in [-0.1, -0.05) is 17.7 Å². The van der Waals surface area contributed by atoms with Gasteiger partial charge in [0.15, 0.2) is 0 Å². The molecule has 1 aliphatic rings. The minimum atomic E-state index is -2.21. The number of hydrogen-bond acceptors (Lipinski definition) is 7. The Kier molecular flexibility index (Phi) is 5.43. The largest absolute Gasteiger partial charge is 0.549 e. The van der Waals surface area contributed by atoms with Crippen molar-refractivity contribution in [3.63, 3.8) is 0 Å². The number of esters is 1. The molecule has 2 atom stereocenters. The van der Waals surface area contributed by atoms with Gasteiger partial charge in [-0.15, -0.1) is 0 Å². The first-order valence-corrected chi connectivity index (χ1v) is 8.84. The van der Waals surface area contributed by atoms with Gasteiger partial charge in [0.1, 0.15) is 17.2 Å². The third-order valence-corrected chi connectivity index (χ3v) is 4.96. The summed E-state index contributed by atoms with van der Waals surface area (Å²) < 4.78 is 24.1. The van der Waals surface area contributed by atoms with Crippen molar-refractivity contribution in [3.8, 4) is 5.88 Å². The molecule has 2 unspecified atom stereocenters. The first kappa shape index (κ1) is 20.5. The highest BCUT2D eigenvalue weighted by Gasteiger charge is 2.59. The van der Waals surface area contributed by atoms with Gasteiger partial charge in [0.25, 0.3) is 0 Å². The van der Waals surface area contributed by atoms with Crippen molar-refractivity contribution in [3.05, 3.63) is 52.4 Å².